The Balaban J connectivity index is 1.95. The van der Waals surface area contributed by atoms with Crippen LogP contribution in [0.5, 0.6) is 0 Å². The number of halogens is 1. The predicted octanol–water partition coefficient (Wildman–Crippen LogP) is 4.73. The molecule has 0 unspecified atom stereocenters. The number of imidazole rings is 1. The van der Waals surface area contributed by atoms with Crippen molar-refractivity contribution < 1.29 is 0 Å². The molecule has 0 radical (unpaired) electrons. The van der Waals surface area contributed by atoms with Gasteiger partial charge in [-0.15, -0.1) is 0 Å². The Morgan fingerprint density at radius 1 is 0.848 bits per heavy atom. The third-order valence-electron chi connectivity index (χ3n) is 5.66. The maximum Gasteiger partial charge on any atom is 0.179 e. The molecule has 4 aromatic heterocycles. The Morgan fingerprint density at radius 2 is 1.58 bits per heavy atom. The number of nitrogens with zero attached hydrogens (tertiary/aromatic N) is 8. The van der Waals surface area contributed by atoms with Crippen LogP contribution in [0.25, 0.3) is 44.6 Å². The van der Waals surface area contributed by atoms with E-state index in [4.69, 9.17) is 21.6 Å². The smallest absolute Gasteiger partial charge is 0.179 e. The quantitative estimate of drug-likeness (QED) is 0.379. The van der Waals surface area contributed by atoms with Crippen LogP contribution in [-0.4, -0.2) is 28.9 Å². The average Bonchev–Trinajstić information content (AvgIpc) is 3.38. The molecule has 0 N–H and O–H groups in total. The Morgan fingerprint density at radius 3 is 2.33 bits per heavy atom. The largest absolute Gasteiger partial charge is 0.280 e. The topological polar surface area (TPSA) is 108 Å². The van der Waals surface area contributed by atoms with Gasteiger partial charge in [0.05, 0.1) is 27.1 Å². The molecule has 0 aliphatic carbocycles. The van der Waals surface area contributed by atoms with Crippen molar-refractivity contribution in [1.29, 1.82) is 10.5 Å². The SMILES string of the molecule is CCc1nc2c(c3nc(C#N)c(C#N)nc3n2-c2ccccc2Cl)c2nc3ccccc3n12. The van der Waals surface area contributed by atoms with Crippen LogP contribution in [-0.2, 0) is 6.42 Å². The number of aryl methyl sites for hydroxylation is 1. The highest BCUT2D eigenvalue weighted by atomic mass is 35.5. The molecule has 0 aliphatic heterocycles. The van der Waals surface area contributed by atoms with Gasteiger partial charge < -0.3 is 0 Å². The van der Waals surface area contributed by atoms with Gasteiger partial charge in [0, 0.05) is 6.42 Å². The molecule has 0 fully saturated rings. The van der Waals surface area contributed by atoms with E-state index in [1.807, 2.05) is 65.9 Å². The molecule has 33 heavy (non-hydrogen) atoms. The molecule has 0 atom stereocenters. The molecule has 0 saturated carbocycles. The fourth-order valence-corrected chi connectivity index (χ4v) is 4.48. The third-order valence-corrected chi connectivity index (χ3v) is 5.98. The summed E-state index contributed by atoms with van der Waals surface area (Å²) in [6.45, 7) is 2.03. The van der Waals surface area contributed by atoms with Crippen LogP contribution in [0.3, 0.4) is 0 Å². The van der Waals surface area contributed by atoms with Crippen molar-refractivity contribution in [2.45, 2.75) is 13.3 Å². The van der Waals surface area contributed by atoms with E-state index < -0.39 is 0 Å². The zero-order chi connectivity index (χ0) is 22.7. The van der Waals surface area contributed by atoms with Gasteiger partial charge in [0.15, 0.2) is 28.3 Å². The van der Waals surface area contributed by atoms with Gasteiger partial charge in [-0.25, -0.2) is 19.9 Å². The van der Waals surface area contributed by atoms with Crippen molar-refractivity contribution in [2.75, 3.05) is 0 Å². The molecule has 0 bridgehead atoms. The summed E-state index contributed by atoms with van der Waals surface area (Å²) in [5.41, 5.74) is 4.37. The van der Waals surface area contributed by atoms with Crippen LogP contribution in [0, 0.1) is 22.7 Å². The number of para-hydroxylation sites is 3. The maximum absolute atomic E-state index is 9.59. The molecule has 0 amide bonds. The summed E-state index contributed by atoms with van der Waals surface area (Å²) in [7, 11) is 0. The van der Waals surface area contributed by atoms with E-state index in [9.17, 15) is 10.5 Å². The van der Waals surface area contributed by atoms with Crippen LogP contribution >= 0.6 is 11.6 Å². The van der Waals surface area contributed by atoms with Gasteiger partial charge in [-0.3, -0.25) is 8.97 Å². The van der Waals surface area contributed by atoms with Crippen molar-refractivity contribution in [2.24, 2.45) is 0 Å². The molecule has 9 heteroatoms. The number of hydrogen-bond acceptors (Lipinski definition) is 6. The van der Waals surface area contributed by atoms with Crippen LogP contribution < -0.4 is 0 Å². The fraction of sp³-hybridized carbons (Fsp3) is 0.0833. The second kappa shape index (κ2) is 6.99. The monoisotopic (exact) mass is 448 g/mol. The minimum absolute atomic E-state index is 0.0444. The Hall–Kier alpha value is -4.53. The first-order chi connectivity index (χ1) is 16.2. The first-order valence-electron chi connectivity index (χ1n) is 10.2. The van der Waals surface area contributed by atoms with Crippen LogP contribution in [0.2, 0.25) is 5.02 Å². The first kappa shape index (κ1) is 19.2. The van der Waals surface area contributed by atoms with Crippen LogP contribution in [0.15, 0.2) is 48.5 Å². The summed E-state index contributed by atoms with van der Waals surface area (Å²) >= 11 is 6.57. The molecule has 0 aliphatic rings. The summed E-state index contributed by atoms with van der Waals surface area (Å²) < 4.78 is 3.81. The van der Waals surface area contributed by atoms with Crippen LogP contribution in [0.4, 0.5) is 0 Å². The summed E-state index contributed by atoms with van der Waals surface area (Å²) in [5, 5.41) is 20.3. The summed E-state index contributed by atoms with van der Waals surface area (Å²) in [6.07, 6.45) is 0.657. The standard InChI is InChI=1S/C24H13ClN8/c1-2-19-31-23-20(22-29-14-8-4-6-10-18(14)32(19)22)21-24(30-16(12-27)15(11-26)28-21)33(23)17-9-5-3-7-13(17)25/h3-10H,2H2,1H3. The van der Waals surface area contributed by atoms with E-state index in [0.29, 0.717) is 45.0 Å². The van der Waals surface area contributed by atoms with Crippen molar-refractivity contribution in [3.8, 4) is 17.8 Å². The Labute approximate surface area is 191 Å². The zero-order valence-electron chi connectivity index (χ0n) is 17.3. The molecule has 0 spiro atoms. The van der Waals surface area contributed by atoms with Gasteiger partial charge in [0.2, 0.25) is 0 Å². The Kier molecular flexibility index (Phi) is 4.06. The first-order valence-corrected chi connectivity index (χ1v) is 10.6. The minimum atomic E-state index is -0.0543. The number of rotatable bonds is 2. The number of nitriles is 2. The van der Waals surface area contributed by atoms with Gasteiger partial charge in [-0.1, -0.05) is 42.8 Å². The Bertz CT molecular complexity index is 1850. The number of aromatic nitrogens is 6. The second-order valence-electron chi connectivity index (χ2n) is 7.44. The van der Waals surface area contributed by atoms with E-state index in [1.54, 1.807) is 10.6 Å². The minimum Gasteiger partial charge on any atom is -0.280 e. The molecule has 6 aromatic rings. The zero-order valence-corrected chi connectivity index (χ0v) is 18.0. The molecule has 0 saturated heterocycles. The number of benzene rings is 2. The summed E-state index contributed by atoms with van der Waals surface area (Å²) in [6, 6.07) is 19.1. The lowest BCUT2D eigenvalue weighted by Crippen LogP contribution is -2.04. The van der Waals surface area contributed by atoms with E-state index in [1.165, 1.54) is 0 Å². The summed E-state index contributed by atoms with van der Waals surface area (Å²) in [5.74, 6) is 0.809. The lowest BCUT2D eigenvalue weighted by atomic mass is 10.3. The molecule has 4 heterocycles. The van der Waals surface area contributed by atoms with Crippen molar-refractivity contribution in [3.63, 3.8) is 0 Å². The van der Waals surface area contributed by atoms with E-state index in [2.05, 4.69) is 9.97 Å². The number of fused-ring (bicyclic) bond motifs is 7. The summed E-state index contributed by atoms with van der Waals surface area (Å²) in [4.78, 5) is 18.9. The van der Waals surface area contributed by atoms with Gasteiger partial charge >= 0.3 is 0 Å². The molecule has 156 valence electrons. The molecule has 8 nitrogen and oxygen atoms in total. The molecular weight excluding hydrogens is 436 g/mol. The van der Waals surface area contributed by atoms with Gasteiger partial charge in [0.25, 0.3) is 0 Å². The van der Waals surface area contributed by atoms with Gasteiger partial charge in [0.1, 0.15) is 23.5 Å². The lowest BCUT2D eigenvalue weighted by molar-refractivity contribution is 0.917. The number of hydrogen-bond donors (Lipinski definition) is 0. The van der Waals surface area contributed by atoms with E-state index in [-0.39, 0.29) is 11.4 Å². The highest BCUT2D eigenvalue weighted by molar-refractivity contribution is 6.32. The van der Waals surface area contributed by atoms with Crippen molar-refractivity contribution in [3.05, 3.63) is 70.8 Å². The molecular formula is C24H13ClN8. The molecule has 6 rings (SSSR count). The fourth-order valence-electron chi connectivity index (χ4n) is 4.26. The van der Waals surface area contributed by atoms with Crippen molar-refractivity contribution in [1.82, 2.24) is 28.9 Å². The van der Waals surface area contributed by atoms with Crippen molar-refractivity contribution >= 4 is 50.5 Å². The lowest BCUT2D eigenvalue weighted by Gasteiger charge is -2.10. The predicted molar refractivity (Wildman–Crippen MR) is 124 cm³/mol. The highest BCUT2D eigenvalue weighted by Gasteiger charge is 2.25. The normalized spacial score (nSPS) is 11.4. The van der Waals surface area contributed by atoms with Gasteiger partial charge in [-0.2, -0.15) is 10.5 Å². The van der Waals surface area contributed by atoms with E-state index >= 15 is 0 Å². The maximum atomic E-state index is 9.59. The van der Waals surface area contributed by atoms with Gasteiger partial charge in [-0.05, 0) is 24.3 Å². The second-order valence-corrected chi connectivity index (χ2v) is 7.85. The molecule has 2 aromatic carbocycles. The van der Waals surface area contributed by atoms with Crippen LogP contribution in [0.1, 0.15) is 24.1 Å². The van der Waals surface area contributed by atoms with E-state index in [0.717, 1.165) is 16.9 Å². The third kappa shape index (κ3) is 2.56. The highest BCUT2D eigenvalue weighted by Crippen LogP contribution is 2.35. The average molecular weight is 449 g/mol.